The predicted molar refractivity (Wildman–Crippen MR) is 65.5 cm³/mol. The van der Waals surface area contributed by atoms with Crippen LogP contribution in [0.5, 0.6) is 0 Å². The first kappa shape index (κ1) is 11.8. The van der Waals surface area contributed by atoms with Crippen molar-refractivity contribution in [3.8, 4) is 0 Å². The fraction of sp³-hybridized carbons (Fsp3) is 0.429. The van der Waals surface area contributed by atoms with Crippen LogP contribution in [0, 0.1) is 5.92 Å². The minimum absolute atomic E-state index is 0.0107. The van der Waals surface area contributed by atoms with Gasteiger partial charge in [-0.15, -0.1) is 0 Å². The number of benzene rings is 1. The summed E-state index contributed by atoms with van der Waals surface area (Å²) in [6.45, 7) is 3.18. The van der Waals surface area contributed by atoms with Crippen LogP contribution in [0.3, 0.4) is 0 Å². The molecule has 1 heterocycles. The molecule has 1 aliphatic rings. The van der Waals surface area contributed by atoms with Crippen molar-refractivity contribution in [2.45, 2.75) is 19.8 Å². The average Bonchev–Trinajstić information content (AvgIpc) is 2.33. The third kappa shape index (κ3) is 2.93. The van der Waals surface area contributed by atoms with Gasteiger partial charge in [-0.2, -0.15) is 0 Å². The lowest BCUT2D eigenvalue weighted by Crippen LogP contribution is -2.44. The van der Waals surface area contributed by atoms with E-state index in [1.54, 1.807) is 4.90 Å². The zero-order valence-electron chi connectivity index (χ0n) is 10.1. The second-order valence-corrected chi connectivity index (χ2v) is 4.62. The van der Waals surface area contributed by atoms with Crippen molar-refractivity contribution in [3.05, 3.63) is 35.9 Å². The maximum Gasteiger partial charge on any atom is 0.230 e. The van der Waals surface area contributed by atoms with Gasteiger partial charge in [0.1, 0.15) is 5.78 Å². The molecular weight excluding hydrogens is 214 g/mol. The molecule has 0 spiro atoms. The molecule has 0 radical (unpaired) electrons. The molecule has 0 bridgehead atoms. The molecule has 1 atom stereocenters. The Morgan fingerprint density at radius 2 is 1.94 bits per heavy atom. The van der Waals surface area contributed by atoms with E-state index in [1.807, 2.05) is 25.1 Å². The summed E-state index contributed by atoms with van der Waals surface area (Å²) in [5.74, 6) is 0.0402. The summed E-state index contributed by atoms with van der Waals surface area (Å²) in [5, 5.41) is 0. The molecule has 3 heteroatoms. The minimum Gasteiger partial charge on any atom is -0.341 e. The monoisotopic (exact) mass is 231 g/mol. The molecule has 3 nitrogen and oxygen atoms in total. The molecule has 1 amide bonds. The van der Waals surface area contributed by atoms with Crippen LogP contribution in [0.25, 0.3) is 0 Å². The zero-order valence-corrected chi connectivity index (χ0v) is 10.1. The molecule has 1 unspecified atom stereocenters. The van der Waals surface area contributed by atoms with Crippen molar-refractivity contribution in [1.82, 2.24) is 4.90 Å². The van der Waals surface area contributed by atoms with E-state index in [0.717, 1.165) is 6.42 Å². The lowest BCUT2D eigenvalue weighted by molar-refractivity contribution is -0.142. The summed E-state index contributed by atoms with van der Waals surface area (Å²) in [6, 6.07) is 10.1. The van der Waals surface area contributed by atoms with E-state index in [1.165, 1.54) is 5.56 Å². The van der Waals surface area contributed by atoms with Crippen LogP contribution >= 0.6 is 0 Å². The van der Waals surface area contributed by atoms with E-state index >= 15 is 0 Å². The van der Waals surface area contributed by atoms with E-state index in [2.05, 4.69) is 12.1 Å². The van der Waals surface area contributed by atoms with E-state index < -0.39 is 0 Å². The Morgan fingerprint density at radius 3 is 2.65 bits per heavy atom. The fourth-order valence-corrected chi connectivity index (χ4v) is 2.09. The smallest absolute Gasteiger partial charge is 0.230 e. The number of rotatable bonds is 3. The van der Waals surface area contributed by atoms with Crippen molar-refractivity contribution in [3.63, 3.8) is 0 Å². The van der Waals surface area contributed by atoms with Crippen LogP contribution in [0.4, 0.5) is 0 Å². The van der Waals surface area contributed by atoms with Gasteiger partial charge in [-0.3, -0.25) is 9.59 Å². The normalized spacial score (nSPS) is 20.8. The van der Waals surface area contributed by atoms with Gasteiger partial charge in [0, 0.05) is 19.0 Å². The summed E-state index contributed by atoms with van der Waals surface area (Å²) >= 11 is 0. The van der Waals surface area contributed by atoms with E-state index in [4.69, 9.17) is 0 Å². The Kier molecular flexibility index (Phi) is 3.57. The third-order valence-electron chi connectivity index (χ3n) is 3.24. The van der Waals surface area contributed by atoms with E-state index in [0.29, 0.717) is 13.1 Å². The SMILES string of the molecule is CC1CN(CCc2ccccc2)C(=O)CC1=O. The lowest BCUT2D eigenvalue weighted by Gasteiger charge is -2.30. The first-order valence-electron chi connectivity index (χ1n) is 6.01. The van der Waals surface area contributed by atoms with Gasteiger partial charge in [0.05, 0.1) is 6.42 Å². The van der Waals surface area contributed by atoms with Gasteiger partial charge in [0.15, 0.2) is 0 Å². The van der Waals surface area contributed by atoms with Gasteiger partial charge < -0.3 is 4.90 Å². The Hall–Kier alpha value is -1.64. The van der Waals surface area contributed by atoms with Gasteiger partial charge >= 0.3 is 0 Å². The fourth-order valence-electron chi connectivity index (χ4n) is 2.09. The molecule has 0 aromatic heterocycles. The lowest BCUT2D eigenvalue weighted by atomic mass is 9.97. The topological polar surface area (TPSA) is 37.4 Å². The van der Waals surface area contributed by atoms with Crippen molar-refractivity contribution >= 4 is 11.7 Å². The molecule has 1 aromatic carbocycles. The third-order valence-corrected chi connectivity index (χ3v) is 3.24. The highest BCUT2D eigenvalue weighted by Crippen LogP contribution is 2.14. The van der Waals surface area contributed by atoms with Crippen molar-refractivity contribution in [1.29, 1.82) is 0 Å². The molecule has 0 N–H and O–H groups in total. The van der Waals surface area contributed by atoms with E-state index in [9.17, 15) is 9.59 Å². The number of carbonyl (C=O) groups is 2. The quantitative estimate of drug-likeness (QED) is 0.742. The molecule has 0 aliphatic carbocycles. The minimum atomic E-state index is -0.0240. The molecule has 1 aromatic rings. The van der Waals surface area contributed by atoms with Crippen molar-refractivity contribution < 1.29 is 9.59 Å². The predicted octanol–water partition coefficient (Wildman–Crippen LogP) is 1.67. The van der Waals surface area contributed by atoms with Crippen LogP contribution in [0.15, 0.2) is 30.3 Å². The average molecular weight is 231 g/mol. The number of ketones is 1. The molecule has 2 rings (SSSR count). The number of hydrogen-bond donors (Lipinski definition) is 0. The largest absolute Gasteiger partial charge is 0.341 e. The van der Waals surface area contributed by atoms with Gasteiger partial charge in [-0.05, 0) is 12.0 Å². The van der Waals surface area contributed by atoms with Crippen LogP contribution in [0.2, 0.25) is 0 Å². The Morgan fingerprint density at radius 1 is 1.24 bits per heavy atom. The number of nitrogens with zero attached hydrogens (tertiary/aromatic N) is 1. The van der Waals surface area contributed by atoms with Gasteiger partial charge in [0.25, 0.3) is 0 Å². The molecule has 90 valence electrons. The number of likely N-dealkylation sites (tertiary alicyclic amines) is 1. The number of Topliss-reactive ketones (excluding diaryl/α,β-unsaturated/α-hetero) is 1. The van der Waals surface area contributed by atoms with Crippen LogP contribution in [0.1, 0.15) is 18.9 Å². The highest BCUT2D eigenvalue weighted by molar-refractivity contribution is 6.01. The number of hydrogen-bond acceptors (Lipinski definition) is 2. The van der Waals surface area contributed by atoms with Crippen LogP contribution < -0.4 is 0 Å². The molecular formula is C14H17NO2. The maximum atomic E-state index is 11.7. The Bertz CT molecular complexity index is 413. The summed E-state index contributed by atoms with van der Waals surface area (Å²) in [7, 11) is 0. The van der Waals surface area contributed by atoms with Gasteiger partial charge in [-0.25, -0.2) is 0 Å². The summed E-state index contributed by atoms with van der Waals surface area (Å²) in [6.07, 6.45) is 0.934. The van der Waals surface area contributed by atoms with E-state index in [-0.39, 0.29) is 24.0 Å². The first-order chi connectivity index (χ1) is 8.16. The summed E-state index contributed by atoms with van der Waals surface area (Å²) < 4.78 is 0. The van der Waals surface area contributed by atoms with Gasteiger partial charge in [0.2, 0.25) is 5.91 Å². The maximum absolute atomic E-state index is 11.7. The van der Waals surface area contributed by atoms with Crippen molar-refractivity contribution in [2.75, 3.05) is 13.1 Å². The van der Waals surface area contributed by atoms with Crippen LogP contribution in [-0.4, -0.2) is 29.7 Å². The number of piperidine rings is 1. The second-order valence-electron chi connectivity index (χ2n) is 4.62. The molecule has 17 heavy (non-hydrogen) atoms. The molecule has 1 fully saturated rings. The highest BCUT2D eigenvalue weighted by Gasteiger charge is 2.28. The summed E-state index contributed by atoms with van der Waals surface area (Å²) in [4.78, 5) is 24.9. The standard InChI is InChI=1S/C14H17NO2/c1-11-10-15(14(17)9-13(11)16)8-7-12-5-3-2-4-6-12/h2-6,11H,7-10H2,1H3. The summed E-state index contributed by atoms with van der Waals surface area (Å²) in [5.41, 5.74) is 1.23. The Balaban J connectivity index is 1.91. The first-order valence-corrected chi connectivity index (χ1v) is 6.01. The highest BCUT2D eigenvalue weighted by atomic mass is 16.2. The molecule has 1 saturated heterocycles. The molecule has 1 aliphatic heterocycles. The Labute approximate surface area is 101 Å². The zero-order chi connectivity index (χ0) is 12.3. The number of carbonyl (C=O) groups excluding carboxylic acids is 2. The molecule has 0 saturated carbocycles. The second kappa shape index (κ2) is 5.13. The van der Waals surface area contributed by atoms with Gasteiger partial charge in [-0.1, -0.05) is 37.3 Å². The van der Waals surface area contributed by atoms with Crippen LogP contribution in [-0.2, 0) is 16.0 Å². The number of amides is 1. The van der Waals surface area contributed by atoms with Crippen molar-refractivity contribution in [2.24, 2.45) is 5.92 Å².